The van der Waals surface area contributed by atoms with Gasteiger partial charge in [0.25, 0.3) is 0 Å². The summed E-state index contributed by atoms with van der Waals surface area (Å²) in [6, 6.07) is 10.7. The number of carboxylic acids is 1. The zero-order chi connectivity index (χ0) is 11.5. The summed E-state index contributed by atoms with van der Waals surface area (Å²) in [6.07, 6.45) is 0. The summed E-state index contributed by atoms with van der Waals surface area (Å²) < 4.78 is 0. The molecule has 2 rings (SSSR count). The second-order valence-electron chi connectivity index (χ2n) is 3.19. The van der Waals surface area contributed by atoms with E-state index in [4.69, 9.17) is 10.4 Å². The molecular formula is C12H7NO2S. The number of hydrogen-bond acceptors (Lipinski definition) is 3. The molecule has 0 atom stereocenters. The number of rotatable bonds is 2. The number of aromatic carboxylic acids is 1. The second-order valence-corrected chi connectivity index (χ2v) is 4.11. The van der Waals surface area contributed by atoms with Crippen molar-refractivity contribution < 1.29 is 9.90 Å². The van der Waals surface area contributed by atoms with Gasteiger partial charge in [0.15, 0.2) is 0 Å². The van der Waals surface area contributed by atoms with Crippen molar-refractivity contribution in [3.05, 3.63) is 46.2 Å². The van der Waals surface area contributed by atoms with Crippen molar-refractivity contribution in [1.82, 2.24) is 0 Å². The second kappa shape index (κ2) is 4.17. The van der Waals surface area contributed by atoms with E-state index in [9.17, 15) is 4.79 Å². The van der Waals surface area contributed by atoms with Crippen LogP contribution in [0.3, 0.4) is 0 Å². The third kappa shape index (κ3) is 1.95. The van der Waals surface area contributed by atoms with Crippen molar-refractivity contribution in [2.75, 3.05) is 0 Å². The van der Waals surface area contributed by atoms with Crippen LogP contribution in [0.25, 0.3) is 11.1 Å². The third-order valence-electron chi connectivity index (χ3n) is 2.16. The molecule has 16 heavy (non-hydrogen) atoms. The molecule has 0 aliphatic rings. The quantitative estimate of drug-likeness (QED) is 0.861. The van der Waals surface area contributed by atoms with Crippen LogP contribution in [0.5, 0.6) is 0 Å². The maximum Gasteiger partial charge on any atom is 0.345 e. The molecule has 0 bridgehead atoms. The van der Waals surface area contributed by atoms with Crippen molar-refractivity contribution in [3.8, 4) is 17.2 Å². The molecule has 0 aliphatic heterocycles. The summed E-state index contributed by atoms with van der Waals surface area (Å²) in [4.78, 5) is 11.0. The fourth-order valence-electron chi connectivity index (χ4n) is 1.34. The van der Waals surface area contributed by atoms with Gasteiger partial charge in [0.2, 0.25) is 0 Å². The van der Waals surface area contributed by atoms with Gasteiger partial charge < -0.3 is 5.11 Å². The highest BCUT2D eigenvalue weighted by molar-refractivity contribution is 7.12. The number of nitrogens with zero attached hydrogens (tertiary/aromatic N) is 1. The zero-order valence-electron chi connectivity index (χ0n) is 8.18. The van der Waals surface area contributed by atoms with Gasteiger partial charge in [0.1, 0.15) is 4.88 Å². The molecule has 0 saturated heterocycles. The summed E-state index contributed by atoms with van der Waals surface area (Å²) in [6.45, 7) is 0. The van der Waals surface area contributed by atoms with E-state index in [0.717, 1.165) is 11.1 Å². The molecule has 0 fully saturated rings. The summed E-state index contributed by atoms with van der Waals surface area (Å²) in [5.41, 5.74) is 2.38. The molecular weight excluding hydrogens is 222 g/mol. The Hall–Kier alpha value is -2.12. The lowest BCUT2D eigenvalue weighted by molar-refractivity contribution is 0.0702. The van der Waals surface area contributed by atoms with Crippen LogP contribution in [0.15, 0.2) is 35.7 Å². The van der Waals surface area contributed by atoms with Crippen LogP contribution >= 0.6 is 11.3 Å². The molecule has 0 unspecified atom stereocenters. The summed E-state index contributed by atoms with van der Waals surface area (Å²) >= 11 is 1.20. The van der Waals surface area contributed by atoms with Crippen molar-refractivity contribution in [2.45, 2.75) is 0 Å². The fraction of sp³-hybridized carbons (Fsp3) is 0. The maximum atomic E-state index is 10.7. The number of hydrogen-bond donors (Lipinski definition) is 1. The first-order valence-electron chi connectivity index (χ1n) is 4.53. The molecule has 1 heterocycles. The molecule has 0 radical (unpaired) electrons. The first kappa shape index (κ1) is 10.4. The lowest BCUT2D eigenvalue weighted by atomic mass is 10.1. The van der Waals surface area contributed by atoms with Crippen LogP contribution < -0.4 is 0 Å². The molecule has 1 N–H and O–H groups in total. The highest BCUT2D eigenvalue weighted by atomic mass is 32.1. The Balaban J connectivity index is 2.36. The normalized spacial score (nSPS) is 9.69. The zero-order valence-corrected chi connectivity index (χ0v) is 8.99. The van der Waals surface area contributed by atoms with E-state index in [1.807, 2.05) is 18.2 Å². The van der Waals surface area contributed by atoms with E-state index in [1.165, 1.54) is 11.3 Å². The Morgan fingerprint density at radius 1 is 1.25 bits per heavy atom. The predicted octanol–water partition coefficient (Wildman–Crippen LogP) is 2.98. The smallest absolute Gasteiger partial charge is 0.345 e. The van der Waals surface area contributed by atoms with Gasteiger partial charge >= 0.3 is 5.97 Å². The average molecular weight is 229 g/mol. The minimum absolute atomic E-state index is 0.319. The van der Waals surface area contributed by atoms with Gasteiger partial charge in [-0.25, -0.2) is 4.79 Å². The Bertz CT molecular complexity index is 563. The molecule has 78 valence electrons. The summed E-state index contributed by atoms with van der Waals surface area (Å²) in [5.74, 6) is -0.912. The van der Waals surface area contributed by atoms with Gasteiger partial charge in [0.05, 0.1) is 11.6 Å². The van der Waals surface area contributed by atoms with Gasteiger partial charge in [-0.3, -0.25) is 0 Å². The fourth-order valence-corrected chi connectivity index (χ4v) is 2.09. The monoisotopic (exact) mass is 229 g/mol. The van der Waals surface area contributed by atoms with E-state index in [-0.39, 0.29) is 0 Å². The van der Waals surface area contributed by atoms with Crippen LogP contribution in [-0.2, 0) is 0 Å². The highest BCUT2D eigenvalue weighted by Gasteiger charge is 2.07. The lowest BCUT2D eigenvalue weighted by Crippen LogP contribution is -1.89. The van der Waals surface area contributed by atoms with Gasteiger partial charge in [0, 0.05) is 0 Å². The Morgan fingerprint density at radius 3 is 2.44 bits per heavy atom. The van der Waals surface area contributed by atoms with E-state index in [1.54, 1.807) is 23.6 Å². The minimum atomic E-state index is -0.912. The van der Waals surface area contributed by atoms with Gasteiger partial charge in [-0.15, -0.1) is 11.3 Å². The van der Waals surface area contributed by atoms with E-state index < -0.39 is 5.97 Å². The van der Waals surface area contributed by atoms with E-state index >= 15 is 0 Å². The predicted molar refractivity (Wildman–Crippen MR) is 61.4 cm³/mol. The average Bonchev–Trinajstić information content (AvgIpc) is 2.78. The van der Waals surface area contributed by atoms with Crippen LogP contribution in [0, 0.1) is 11.3 Å². The molecule has 0 aliphatic carbocycles. The van der Waals surface area contributed by atoms with Crippen molar-refractivity contribution in [1.29, 1.82) is 5.26 Å². The van der Waals surface area contributed by atoms with Crippen molar-refractivity contribution in [2.24, 2.45) is 0 Å². The number of carbonyl (C=O) groups is 1. The minimum Gasteiger partial charge on any atom is -0.477 e. The van der Waals surface area contributed by atoms with E-state index in [0.29, 0.717) is 10.4 Å². The Morgan fingerprint density at radius 2 is 1.94 bits per heavy atom. The molecule has 1 aromatic heterocycles. The molecule has 0 amide bonds. The van der Waals surface area contributed by atoms with Crippen LogP contribution in [0.4, 0.5) is 0 Å². The number of nitriles is 1. The Kier molecular flexibility index (Phi) is 2.71. The number of thiophene rings is 1. The van der Waals surface area contributed by atoms with Crippen molar-refractivity contribution >= 4 is 17.3 Å². The molecule has 2 aromatic rings. The maximum absolute atomic E-state index is 10.7. The highest BCUT2D eigenvalue weighted by Crippen LogP contribution is 2.25. The molecule has 0 spiro atoms. The third-order valence-corrected chi connectivity index (χ3v) is 3.08. The number of benzene rings is 1. The van der Waals surface area contributed by atoms with Gasteiger partial charge in [-0.1, -0.05) is 12.1 Å². The summed E-state index contributed by atoms with van der Waals surface area (Å²) in [5, 5.41) is 19.2. The topological polar surface area (TPSA) is 61.1 Å². The lowest BCUT2D eigenvalue weighted by Gasteiger charge is -1.96. The largest absolute Gasteiger partial charge is 0.477 e. The summed E-state index contributed by atoms with van der Waals surface area (Å²) in [7, 11) is 0. The number of carboxylic acid groups (broad SMARTS) is 1. The molecule has 1 aromatic carbocycles. The van der Waals surface area contributed by atoms with Gasteiger partial charge in [-0.05, 0) is 34.7 Å². The first-order valence-corrected chi connectivity index (χ1v) is 5.41. The van der Waals surface area contributed by atoms with Crippen LogP contribution in [0.1, 0.15) is 15.2 Å². The van der Waals surface area contributed by atoms with E-state index in [2.05, 4.69) is 0 Å². The Labute approximate surface area is 96.2 Å². The van der Waals surface area contributed by atoms with Crippen LogP contribution in [0.2, 0.25) is 0 Å². The SMILES string of the molecule is N#Cc1ccc(-c2csc(C(=O)O)c2)cc1. The van der Waals surface area contributed by atoms with Gasteiger partial charge in [-0.2, -0.15) is 5.26 Å². The standard InChI is InChI=1S/C12H7NO2S/c13-6-8-1-3-9(4-2-8)10-5-11(12(14)15)16-7-10/h1-5,7H,(H,14,15). The van der Waals surface area contributed by atoms with Crippen molar-refractivity contribution in [3.63, 3.8) is 0 Å². The molecule has 0 saturated carbocycles. The van der Waals surface area contributed by atoms with Crippen LogP contribution in [-0.4, -0.2) is 11.1 Å². The first-order chi connectivity index (χ1) is 7.70. The molecule has 4 heteroatoms. The molecule has 3 nitrogen and oxygen atoms in total.